The zero-order valence-corrected chi connectivity index (χ0v) is 19.2. The van der Waals surface area contributed by atoms with Gasteiger partial charge in [0.1, 0.15) is 16.8 Å². The molecule has 34 heavy (non-hydrogen) atoms. The summed E-state index contributed by atoms with van der Waals surface area (Å²) in [6, 6.07) is 14.5. The molecule has 0 saturated carbocycles. The molecule has 1 unspecified atom stereocenters. The van der Waals surface area contributed by atoms with Crippen LogP contribution in [0.2, 0.25) is 0 Å². The van der Waals surface area contributed by atoms with Crippen molar-refractivity contribution in [3.63, 3.8) is 0 Å². The second-order valence-electron chi connectivity index (χ2n) is 7.19. The number of aromatic nitrogens is 1. The van der Waals surface area contributed by atoms with Crippen LogP contribution in [0.1, 0.15) is 15.9 Å². The number of anilines is 1. The Hall–Kier alpha value is -3.89. The van der Waals surface area contributed by atoms with Crippen molar-refractivity contribution in [2.75, 3.05) is 18.4 Å². The molecule has 1 aromatic heterocycles. The van der Waals surface area contributed by atoms with E-state index in [1.165, 1.54) is 24.3 Å². The molecular formula is C24H24FN5O3S. The van der Waals surface area contributed by atoms with Crippen LogP contribution in [0, 0.1) is 12.7 Å². The third kappa shape index (κ3) is 6.80. The second kappa shape index (κ2) is 11.8. The maximum absolute atomic E-state index is 13.8. The van der Waals surface area contributed by atoms with E-state index in [1.807, 2.05) is 19.1 Å². The number of benzene rings is 2. The van der Waals surface area contributed by atoms with Gasteiger partial charge in [0.25, 0.3) is 5.91 Å². The Morgan fingerprint density at radius 3 is 2.68 bits per heavy atom. The standard InChI is InChI=1S/C24H24FN5O3S/c1-3-23(31)28-11-10-26-19-8-9-27-21(15-19)17-12-16(2)13-18(14-17)24(32)29-30-34(33)22-7-5-4-6-20(22)25/h3-9,12-15,30H,1,10-11H2,2H3,(H,26,27)(H,28,31)(H,29,32). The van der Waals surface area contributed by atoms with Crippen LogP contribution in [0.5, 0.6) is 0 Å². The number of halogens is 1. The van der Waals surface area contributed by atoms with Gasteiger partial charge in [0.05, 0.1) is 10.6 Å². The van der Waals surface area contributed by atoms with Crippen LogP contribution >= 0.6 is 0 Å². The van der Waals surface area contributed by atoms with Gasteiger partial charge in [-0.15, -0.1) is 4.83 Å². The van der Waals surface area contributed by atoms with E-state index < -0.39 is 22.7 Å². The van der Waals surface area contributed by atoms with Gasteiger partial charge in [-0.25, -0.2) is 8.60 Å². The lowest BCUT2D eigenvalue weighted by Gasteiger charge is -2.11. The van der Waals surface area contributed by atoms with Crippen LogP contribution < -0.4 is 20.9 Å². The predicted octanol–water partition coefficient (Wildman–Crippen LogP) is 2.87. The van der Waals surface area contributed by atoms with Crippen molar-refractivity contribution in [3.8, 4) is 11.3 Å². The van der Waals surface area contributed by atoms with Gasteiger partial charge < -0.3 is 10.6 Å². The number of nitrogens with one attached hydrogen (secondary N) is 4. The number of carbonyl (C=O) groups excluding carboxylic acids is 2. The summed E-state index contributed by atoms with van der Waals surface area (Å²) in [6.07, 6.45) is 2.85. The summed E-state index contributed by atoms with van der Waals surface area (Å²) in [5.41, 5.74) is 5.65. The largest absolute Gasteiger partial charge is 0.383 e. The van der Waals surface area contributed by atoms with E-state index in [0.29, 0.717) is 29.9 Å². The van der Waals surface area contributed by atoms with Crippen molar-refractivity contribution in [1.29, 1.82) is 0 Å². The Balaban J connectivity index is 1.68. The van der Waals surface area contributed by atoms with Gasteiger partial charge in [0.15, 0.2) is 0 Å². The highest BCUT2D eigenvalue weighted by molar-refractivity contribution is 7.83. The van der Waals surface area contributed by atoms with Crippen molar-refractivity contribution in [2.24, 2.45) is 0 Å². The number of rotatable bonds is 10. The first-order chi connectivity index (χ1) is 16.4. The van der Waals surface area contributed by atoms with Crippen molar-refractivity contribution >= 4 is 28.5 Å². The van der Waals surface area contributed by atoms with Gasteiger partial charge in [-0.3, -0.25) is 20.0 Å². The van der Waals surface area contributed by atoms with Gasteiger partial charge in [0.2, 0.25) is 5.91 Å². The molecule has 0 aliphatic heterocycles. The minimum atomic E-state index is -1.96. The van der Waals surface area contributed by atoms with Gasteiger partial charge in [-0.05, 0) is 61.0 Å². The SMILES string of the molecule is C=CC(=O)NCCNc1ccnc(-c2cc(C)cc(C(=O)NNS(=O)c3ccccc3F)c2)c1. The Morgan fingerprint density at radius 2 is 1.91 bits per heavy atom. The van der Waals surface area contributed by atoms with E-state index in [2.05, 4.69) is 32.5 Å². The Bertz CT molecular complexity index is 1230. The molecule has 10 heteroatoms. The molecule has 2 aromatic carbocycles. The zero-order chi connectivity index (χ0) is 24.5. The molecule has 8 nitrogen and oxygen atoms in total. The van der Waals surface area contributed by atoms with Crippen molar-refractivity contribution < 1.29 is 18.2 Å². The Morgan fingerprint density at radius 1 is 1.12 bits per heavy atom. The summed E-state index contributed by atoms with van der Waals surface area (Å²) in [4.78, 5) is 30.5. The van der Waals surface area contributed by atoms with E-state index in [-0.39, 0.29) is 10.8 Å². The maximum Gasteiger partial charge on any atom is 0.266 e. The quantitative estimate of drug-likeness (QED) is 0.202. The van der Waals surface area contributed by atoms with Gasteiger partial charge in [-0.1, -0.05) is 18.7 Å². The molecule has 0 fully saturated rings. The van der Waals surface area contributed by atoms with Crippen molar-refractivity contribution in [2.45, 2.75) is 11.8 Å². The molecule has 1 atom stereocenters. The highest BCUT2D eigenvalue weighted by Gasteiger charge is 2.13. The fourth-order valence-electron chi connectivity index (χ4n) is 3.04. The number of aryl methyl sites for hydroxylation is 1. The second-order valence-corrected chi connectivity index (χ2v) is 8.38. The molecular weight excluding hydrogens is 457 g/mol. The minimum absolute atomic E-state index is 0.0645. The minimum Gasteiger partial charge on any atom is -0.383 e. The number of hydrazine groups is 1. The lowest BCUT2D eigenvalue weighted by Crippen LogP contribution is -2.38. The molecule has 4 N–H and O–H groups in total. The van der Waals surface area contributed by atoms with Gasteiger partial charge in [0, 0.05) is 36.1 Å². The van der Waals surface area contributed by atoms with Crippen LogP contribution in [0.15, 0.2) is 78.3 Å². The highest BCUT2D eigenvalue weighted by atomic mass is 32.2. The average molecular weight is 482 g/mol. The fraction of sp³-hybridized carbons (Fsp3) is 0.125. The molecule has 0 aliphatic rings. The predicted molar refractivity (Wildman–Crippen MR) is 130 cm³/mol. The van der Waals surface area contributed by atoms with Crippen LogP contribution in [-0.4, -0.2) is 34.1 Å². The summed E-state index contributed by atoms with van der Waals surface area (Å²) >= 11 is 0. The third-order valence-electron chi connectivity index (χ3n) is 4.63. The first-order valence-corrected chi connectivity index (χ1v) is 11.5. The van der Waals surface area contributed by atoms with E-state index >= 15 is 0 Å². The first kappa shape index (κ1) is 24.7. The number of amides is 2. The van der Waals surface area contributed by atoms with Gasteiger partial charge >= 0.3 is 0 Å². The molecule has 2 amide bonds. The number of nitrogens with zero attached hydrogens (tertiary/aromatic N) is 1. The lowest BCUT2D eigenvalue weighted by molar-refractivity contribution is -0.116. The molecule has 0 saturated heterocycles. The number of carbonyl (C=O) groups is 2. The van der Waals surface area contributed by atoms with Crippen LogP contribution in [0.4, 0.5) is 10.1 Å². The zero-order valence-electron chi connectivity index (χ0n) is 18.4. The molecule has 0 bridgehead atoms. The fourth-order valence-corrected chi connectivity index (χ4v) is 3.78. The number of pyridine rings is 1. The van der Waals surface area contributed by atoms with E-state index in [1.54, 1.807) is 30.5 Å². The molecule has 3 rings (SSSR count). The monoisotopic (exact) mass is 481 g/mol. The van der Waals surface area contributed by atoms with Crippen LogP contribution in [0.25, 0.3) is 11.3 Å². The van der Waals surface area contributed by atoms with Crippen LogP contribution in [0.3, 0.4) is 0 Å². The van der Waals surface area contributed by atoms with E-state index in [4.69, 9.17) is 0 Å². The summed E-state index contributed by atoms with van der Waals surface area (Å²) in [7, 11) is -1.96. The molecule has 176 valence electrons. The number of hydrogen-bond acceptors (Lipinski definition) is 5. The highest BCUT2D eigenvalue weighted by Crippen LogP contribution is 2.23. The smallest absolute Gasteiger partial charge is 0.266 e. The lowest BCUT2D eigenvalue weighted by atomic mass is 10.0. The third-order valence-corrected chi connectivity index (χ3v) is 5.65. The topological polar surface area (TPSA) is 112 Å². The summed E-state index contributed by atoms with van der Waals surface area (Å²) in [5.74, 6) is -1.40. The molecule has 0 spiro atoms. The van der Waals surface area contributed by atoms with E-state index in [9.17, 15) is 18.2 Å². The Labute approximate surface area is 199 Å². The van der Waals surface area contributed by atoms with Crippen molar-refractivity contribution in [1.82, 2.24) is 20.6 Å². The number of hydrogen-bond donors (Lipinski definition) is 4. The molecule has 0 aliphatic carbocycles. The van der Waals surface area contributed by atoms with Crippen LogP contribution in [-0.2, 0) is 15.8 Å². The summed E-state index contributed by atoms with van der Waals surface area (Å²) in [6.45, 7) is 6.18. The summed E-state index contributed by atoms with van der Waals surface area (Å²) in [5, 5.41) is 5.88. The van der Waals surface area contributed by atoms with Crippen molar-refractivity contribution in [3.05, 3.63) is 90.4 Å². The molecule has 0 radical (unpaired) electrons. The van der Waals surface area contributed by atoms with E-state index in [0.717, 1.165) is 11.3 Å². The maximum atomic E-state index is 13.8. The molecule has 3 aromatic rings. The average Bonchev–Trinajstić information content (AvgIpc) is 2.84. The normalized spacial score (nSPS) is 11.4. The van der Waals surface area contributed by atoms with Gasteiger partial charge in [-0.2, -0.15) is 0 Å². The molecule has 1 heterocycles. The summed E-state index contributed by atoms with van der Waals surface area (Å²) < 4.78 is 26.0. The Kier molecular flexibility index (Phi) is 8.60. The first-order valence-electron chi connectivity index (χ1n) is 10.3.